The Labute approximate surface area is 94.9 Å². The van der Waals surface area contributed by atoms with Crippen molar-refractivity contribution in [1.29, 1.82) is 0 Å². The molecule has 0 aliphatic carbocycles. The van der Waals surface area contributed by atoms with Gasteiger partial charge in [-0.1, -0.05) is 0 Å². The van der Waals surface area contributed by atoms with Gasteiger partial charge < -0.3 is 10.5 Å². The minimum absolute atomic E-state index is 0.0847. The molecule has 0 aliphatic heterocycles. The minimum Gasteiger partial charge on any atom is -0.383 e. The highest BCUT2D eigenvalue weighted by Crippen LogP contribution is 2.11. The van der Waals surface area contributed by atoms with Crippen LogP contribution in [-0.2, 0) is 21.3 Å². The monoisotopic (exact) mass is 245 g/mol. The number of hydrogen-bond donors (Lipinski definition) is 2. The first-order valence-corrected chi connectivity index (χ1v) is 6.22. The number of methoxy groups -OCH3 is 1. The third kappa shape index (κ3) is 3.24. The van der Waals surface area contributed by atoms with Crippen LogP contribution in [0.25, 0.3) is 0 Å². The van der Waals surface area contributed by atoms with E-state index in [1.807, 2.05) is 0 Å². The van der Waals surface area contributed by atoms with E-state index >= 15 is 0 Å². The van der Waals surface area contributed by atoms with Gasteiger partial charge in [0.25, 0.3) is 0 Å². The first-order chi connectivity index (χ1) is 7.61. The van der Waals surface area contributed by atoms with Crippen LogP contribution in [0.15, 0.2) is 23.2 Å². The lowest BCUT2D eigenvalue weighted by Crippen LogP contribution is -2.28. The van der Waals surface area contributed by atoms with Crippen LogP contribution < -0.4 is 10.5 Å². The third-order valence-electron chi connectivity index (χ3n) is 1.93. The average Bonchev–Trinajstić information content (AvgIpc) is 2.29. The van der Waals surface area contributed by atoms with E-state index in [0.29, 0.717) is 12.3 Å². The highest BCUT2D eigenvalue weighted by atomic mass is 32.2. The van der Waals surface area contributed by atoms with E-state index < -0.39 is 10.0 Å². The molecule has 0 unspecified atom stereocenters. The average molecular weight is 245 g/mol. The molecule has 0 spiro atoms. The molecule has 0 atom stereocenters. The molecular weight excluding hydrogens is 230 g/mol. The highest BCUT2D eigenvalue weighted by molar-refractivity contribution is 7.89. The molecule has 0 aromatic carbocycles. The molecule has 1 aromatic rings. The molecule has 7 heteroatoms. The number of hydrogen-bond acceptors (Lipinski definition) is 5. The van der Waals surface area contributed by atoms with Gasteiger partial charge in [-0.25, -0.2) is 13.1 Å². The molecule has 0 bridgehead atoms. The molecule has 1 rings (SSSR count). The second kappa shape index (κ2) is 5.90. The molecule has 90 valence electrons. The van der Waals surface area contributed by atoms with Crippen molar-refractivity contribution in [1.82, 2.24) is 9.71 Å². The second-order valence-electron chi connectivity index (χ2n) is 3.04. The molecular formula is C9H15N3O3S. The highest BCUT2D eigenvalue weighted by Gasteiger charge is 2.17. The summed E-state index contributed by atoms with van der Waals surface area (Å²) in [6, 6.07) is 3.04. The smallest absolute Gasteiger partial charge is 0.242 e. The summed E-state index contributed by atoms with van der Waals surface area (Å²) in [6.45, 7) is 0.622. The normalized spacial score (nSPS) is 11.6. The summed E-state index contributed by atoms with van der Waals surface area (Å²) in [6.07, 6.45) is 1.51. The van der Waals surface area contributed by atoms with Gasteiger partial charge in [-0.2, -0.15) is 0 Å². The zero-order chi connectivity index (χ0) is 12.0. The van der Waals surface area contributed by atoms with Crippen LogP contribution in [-0.4, -0.2) is 33.7 Å². The maximum Gasteiger partial charge on any atom is 0.242 e. The van der Waals surface area contributed by atoms with Crippen molar-refractivity contribution in [2.45, 2.75) is 11.4 Å². The fraction of sp³-hybridized carbons (Fsp3) is 0.444. The fourth-order valence-corrected chi connectivity index (χ4v) is 2.39. The van der Waals surface area contributed by atoms with Gasteiger partial charge in [0.1, 0.15) is 4.90 Å². The molecule has 16 heavy (non-hydrogen) atoms. The number of nitrogens with zero attached hydrogens (tertiary/aromatic N) is 1. The van der Waals surface area contributed by atoms with Crippen molar-refractivity contribution in [3.05, 3.63) is 24.0 Å². The molecule has 0 radical (unpaired) electrons. The summed E-state index contributed by atoms with van der Waals surface area (Å²) in [5.74, 6) is 0. The van der Waals surface area contributed by atoms with Gasteiger partial charge >= 0.3 is 0 Å². The number of nitrogens with one attached hydrogen (secondary N) is 1. The third-order valence-corrected chi connectivity index (χ3v) is 3.46. The Balaban J connectivity index is 2.89. The zero-order valence-corrected chi connectivity index (χ0v) is 9.83. The van der Waals surface area contributed by atoms with E-state index in [0.717, 1.165) is 0 Å². The fourth-order valence-electron chi connectivity index (χ4n) is 1.18. The van der Waals surface area contributed by atoms with Crippen molar-refractivity contribution >= 4 is 10.0 Å². The summed E-state index contributed by atoms with van der Waals surface area (Å²) in [5, 5.41) is 0. The van der Waals surface area contributed by atoms with Gasteiger partial charge in [-0.05, 0) is 12.1 Å². The second-order valence-corrected chi connectivity index (χ2v) is 4.78. The van der Waals surface area contributed by atoms with Crippen LogP contribution in [0.5, 0.6) is 0 Å². The van der Waals surface area contributed by atoms with Gasteiger partial charge in [0, 0.05) is 26.4 Å². The molecule has 0 fully saturated rings. The van der Waals surface area contributed by atoms with E-state index in [-0.39, 0.29) is 18.0 Å². The largest absolute Gasteiger partial charge is 0.383 e. The van der Waals surface area contributed by atoms with Gasteiger partial charge in [0.15, 0.2) is 0 Å². The number of aromatic nitrogens is 1. The predicted molar refractivity (Wildman–Crippen MR) is 59.2 cm³/mol. The Hall–Kier alpha value is -1.02. The lowest BCUT2D eigenvalue weighted by Gasteiger charge is -2.08. The summed E-state index contributed by atoms with van der Waals surface area (Å²) < 4.78 is 30.8. The first kappa shape index (κ1) is 13.0. The molecule has 1 heterocycles. The van der Waals surface area contributed by atoms with Crippen molar-refractivity contribution in [3.8, 4) is 0 Å². The maximum absolute atomic E-state index is 11.8. The van der Waals surface area contributed by atoms with Crippen molar-refractivity contribution in [2.24, 2.45) is 5.73 Å². The first-order valence-electron chi connectivity index (χ1n) is 4.74. The molecule has 0 saturated carbocycles. The number of rotatable bonds is 6. The van der Waals surface area contributed by atoms with Gasteiger partial charge in [0.05, 0.1) is 12.3 Å². The van der Waals surface area contributed by atoms with Crippen LogP contribution in [0.2, 0.25) is 0 Å². The van der Waals surface area contributed by atoms with Gasteiger partial charge in [0.2, 0.25) is 10.0 Å². The molecule has 0 amide bonds. The Morgan fingerprint density at radius 3 is 2.94 bits per heavy atom. The van der Waals surface area contributed by atoms with E-state index in [9.17, 15) is 8.42 Å². The predicted octanol–water partition coefficient (Wildman–Crippen LogP) is -0.535. The number of sulfonamides is 1. The molecule has 0 aliphatic rings. The lowest BCUT2D eigenvalue weighted by atomic mass is 10.3. The Kier molecular flexibility index (Phi) is 4.81. The van der Waals surface area contributed by atoms with Gasteiger partial charge in [-0.3, -0.25) is 4.98 Å². The molecule has 0 saturated heterocycles. The Morgan fingerprint density at radius 1 is 1.56 bits per heavy atom. The van der Waals surface area contributed by atoms with Crippen LogP contribution >= 0.6 is 0 Å². The van der Waals surface area contributed by atoms with Gasteiger partial charge in [-0.15, -0.1) is 0 Å². The standard InChI is InChI=1S/C9H15N3O3S/c1-15-6-5-12-16(13,14)9-3-2-4-11-8(9)7-10/h2-4,12H,5-7,10H2,1H3. The quantitative estimate of drug-likeness (QED) is 0.657. The van der Waals surface area contributed by atoms with Crippen LogP contribution in [0.4, 0.5) is 0 Å². The minimum atomic E-state index is -3.55. The van der Waals surface area contributed by atoms with E-state index in [2.05, 4.69) is 9.71 Å². The van der Waals surface area contributed by atoms with Crippen molar-refractivity contribution in [3.63, 3.8) is 0 Å². The van der Waals surface area contributed by atoms with E-state index in [1.165, 1.54) is 19.4 Å². The Bertz CT molecular complexity index is 433. The topological polar surface area (TPSA) is 94.3 Å². The summed E-state index contributed by atoms with van der Waals surface area (Å²) in [5.41, 5.74) is 5.78. The van der Waals surface area contributed by atoms with Crippen LogP contribution in [0.1, 0.15) is 5.69 Å². The Morgan fingerprint density at radius 2 is 2.31 bits per heavy atom. The van der Waals surface area contributed by atoms with E-state index in [4.69, 9.17) is 10.5 Å². The molecule has 1 aromatic heterocycles. The SMILES string of the molecule is COCCNS(=O)(=O)c1cccnc1CN. The summed E-state index contributed by atoms with van der Waals surface area (Å²) in [7, 11) is -2.04. The zero-order valence-electron chi connectivity index (χ0n) is 9.01. The lowest BCUT2D eigenvalue weighted by molar-refractivity contribution is 0.204. The van der Waals surface area contributed by atoms with Crippen molar-refractivity contribution in [2.75, 3.05) is 20.3 Å². The number of pyridine rings is 1. The number of nitrogens with two attached hydrogens (primary N) is 1. The maximum atomic E-state index is 11.8. The number of ether oxygens (including phenoxy) is 1. The van der Waals surface area contributed by atoms with E-state index in [1.54, 1.807) is 6.07 Å². The van der Waals surface area contributed by atoms with Crippen LogP contribution in [0.3, 0.4) is 0 Å². The summed E-state index contributed by atoms with van der Waals surface area (Å²) >= 11 is 0. The molecule has 3 N–H and O–H groups in total. The summed E-state index contributed by atoms with van der Waals surface area (Å²) in [4.78, 5) is 4.04. The van der Waals surface area contributed by atoms with Crippen LogP contribution in [0, 0.1) is 0 Å². The van der Waals surface area contributed by atoms with Crippen molar-refractivity contribution < 1.29 is 13.2 Å². The molecule has 6 nitrogen and oxygen atoms in total.